The number of rotatable bonds is 6. The second-order valence-corrected chi connectivity index (χ2v) is 5.64. The van der Waals surface area contributed by atoms with Gasteiger partial charge in [0.2, 0.25) is 0 Å². The van der Waals surface area contributed by atoms with Gasteiger partial charge in [-0.25, -0.2) is 0 Å². The Morgan fingerprint density at radius 2 is 2.18 bits per heavy atom. The maximum atomic E-state index is 10.3. The van der Waals surface area contributed by atoms with Crippen molar-refractivity contribution in [2.45, 2.75) is 25.0 Å². The van der Waals surface area contributed by atoms with Crippen molar-refractivity contribution in [2.75, 3.05) is 26.3 Å². The van der Waals surface area contributed by atoms with Gasteiger partial charge in [-0.05, 0) is 42.7 Å². The number of aliphatic hydroxyl groups excluding tert-OH is 1. The summed E-state index contributed by atoms with van der Waals surface area (Å²) in [6, 6.07) is 7.93. The van der Waals surface area contributed by atoms with Crippen LogP contribution in [0.5, 0.6) is 0 Å². The van der Waals surface area contributed by atoms with Crippen LogP contribution >= 0.6 is 0 Å². The SMILES string of the molecule is OC(CC1COCCN1CCc1ccncc1)c1ccco1. The molecule has 0 spiro atoms. The zero-order valence-corrected chi connectivity index (χ0v) is 12.6. The molecule has 1 fully saturated rings. The Morgan fingerprint density at radius 1 is 1.32 bits per heavy atom. The van der Waals surface area contributed by atoms with Gasteiger partial charge in [-0.1, -0.05) is 0 Å². The Balaban J connectivity index is 1.56. The van der Waals surface area contributed by atoms with E-state index in [0.29, 0.717) is 18.8 Å². The molecule has 2 atom stereocenters. The first kappa shape index (κ1) is 15.2. The summed E-state index contributed by atoms with van der Waals surface area (Å²) < 4.78 is 10.9. The first-order valence-electron chi connectivity index (χ1n) is 7.75. The molecule has 3 heterocycles. The minimum Gasteiger partial charge on any atom is -0.467 e. The predicted molar refractivity (Wildman–Crippen MR) is 82.4 cm³/mol. The highest BCUT2D eigenvalue weighted by Gasteiger charge is 2.26. The van der Waals surface area contributed by atoms with Gasteiger partial charge in [0.05, 0.1) is 19.5 Å². The van der Waals surface area contributed by atoms with Crippen molar-refractivity contribution in [2.24, 2.45) is 0 Å². The van der Waals surface area contributed by atoms with Gasteiger partial charge < -0.3 is 14.3 Å². The molecule has 118 valence electrons. The van der Waals surface area contributed by atoms with Crippen LogP contribution < -0.4 is 0 Å². The van der Waals surface area contributed by atoms with Crippen LogP contribution in [-0.4, -0.2) is 47.3 Å². The fourth-order valence-electron chi connectivity index (χ4n) is 2.88. The second-order valence-electron chi connectivity index (χ2n) is 5.64. The summed E-state index contributed by atoms with van der Waals surface area (Å²) in [5, 5.41) is 10.3. The molecule has 0 aliphatic carbocycles. The van der Waals surface area contributed by atoms with Crippen molar-refractivity contribution < 1.29 is 14.3 Å². The van der Waals surface area contributed by atoms with Crippen molar-refractivity contribution in [3.63, 3.8) is 0 Å². The van der Waals surface area contributed by atoms with E-state index in [9.17, 15) is 5.11 Å². The van der Waals surface area contributed by atoms with Crippen LogP contribution in [-0.2, 0) is 11.2 Å². The van der Waals surface area contributed by atoms with Gasteiger partial charge in [-0.15, -0.1) is 0 Å². The van der Waals surface area contributed by atoms with Crippen LogP contribution in [0.4, 0.5) is 0 Å². The third kappa shape index (κ3) is 3.94. The van der Waals surface area contributed by atoms with Crippen LogP contribution in [0, 0.1) is 0 Å². The average molecular weight is 302 g/mol. The molecule has 1 aliphatic heterocycles. The molecule has 0 radical (unpaired) electrons. The Bertz CT molecular complexity index is 544. The van der Waals surface area contributed by atoms with Crippen molar-refractivity contribution in [3.8, 4) is 0 Å². The summed E-state index contributed by atoms with van der Waals surface area (Å²) in [6.45, 7) is 3.28. The molecule has 5 nitrogen and oxygen atoms in total. The first-order chi connectivity index (χ1) is 10.8. The van der Waals surface area contributed by atoms with Gasteiger partial charge in [-0.3, -0.25) is 9.88 Å². The molecular weight excluding hydrogens is 280 g/mol. The van der Waals surface area contributed by atoms with Crippen LogP contribution in [0.15, 0.2) is 47.3 Å². The van der Waals surface area contributed by atoms with E-state index < -0.39 is 6.10 Å². The van der Waals surface area contributed by atoms with E-state index in [2.05, 4.69) is 9.88 Å². The molecular formula is C17H22N2O3. The maximum absolute atomic E-state index is 10.3. The molecule has 1 N–H and O–H groups in total. The number of hydrogen-bond acceptors (Lipinski definition) is 5. The Morgan fingerprint density at radius 3 is 2.95 bits per heavy atom. The van der Waals surface area contributed by atoms with Crippen LogP contribution in [0.3, 0.4) is 0 Å². The lowest BCUT2D eigenvalue weighted by Gasteiger charge is -2.36. The third-order valence-electron chi connectivity index (χ3n) is 4.15. The van der Waals surface area contributed by atoms with Crippen LogP contribution in [0.1, 0.15) is 23.8 Å². The monoisotopic (exact) mass is 302 g/mol. The smallest absolute Gasteiger partial charge is 0.132 e. The molecule has 0 bridgehead atoms. The number of nitrogens with zero attached hydrogens (tertiary/aromatic N) is 2. The lowest BCUT2D eigenvalue weighted by Crippen LogP contribution is -2.46. The van der Waals surface area contributed by atoms with Crippen molar-refractivity contribution in [1.29, 1.82) is 0 Å². The van der Waals surface area contributed by atoms with E-state index in [1.807, 2.05) is 30.6 Å². The quantitative estimate of drug-likeness (QED) is 0.885. The number of aliphatic hydroxyl groups is 1. The largest absolute Gasteiger partial charge is 0.467 e. The molecule has 0 aromatic carbocycles. The minimum atomic E-state index is -0.579. The molecule has 22 heavy (non-hydrogen) atoms. The summed E-state index contributed by atoms with van der Waals surface area (Å²) in [4.78, 5) is 6.44. The average Bonchev–Trinajstić information content (AvgIpc) is 3.10. The van der Waals surface area contributed by atoms with E-state index in [4.69, 9.17) is 9.15 Å². The second kappa shape index (κ2) is 7.54. The summed E-state index contributed by atoms with van der Waals surface area (Å²) in [5.41, 5.74) is 1.28. The first-order valence-corrected chi connectivity index (χ1v) is 7.75. The molecule has 2 unspecified atom stereocenters. The van der Waals surface area contributed by atoms with Crippen LogP contribution in [0.2, 0.25) is 0 Å². The third-order valence-corrected chi connectivity index (χ3v) is 4.15. The van der Waals surface area contributed by atoms with E-state index in [1.54, 1.807) is 12.3 Å². The molecule has 1 aliphatic rings. The predicted octanol–water partition coefficient (Wildman–Crippen LogP) is 2.04. The van der Waals surface area contributed by atoms with Crippen LogP contribution in [0.25, 0.3) is 0 Å². The number of hydrogen-bond donors (Lipinski definition) is 1. The van der Waals surface area contributed by atoms with Gasteiger partial charge in [0.25, 0.3) is 0 Å². The highest BCUT2D eigenvalue weighted by molar-refractivity contribution is 5.10. The van der Waals surface area contributed by atoms with Crippen molar-refractivity contribution >= 4 is 0 Å². The molecule has 0 saturated carbocycles. The van der Waals surface area contributed by atoms with Gasteiger partial charge in [-0.2, -0.15) is 0 Å². The standard InChI is InChI=1S/C17H22N2O3/c20-16(17-2-1-10-22-17)12-15-13-21-11-9-19(15)8-5-14-3-6-18-7-4-14/h1-4,6-7,10,15-16,20H,5,8-9,11-13H2. The fraction of sp³-hybridized carbons (Fsp3) is 0.471. The lowest BCUT2D eigenvalue weighted by atomic mass is 10.0. The molecule has 2 aromatic rings. The number of furan rings is 1. The number of pyridine rings is 1. The molecule has 0 amide bonds. The van der Waals surface area contributed by atoms with E-state index in [0.717, 1.165) is 26.1 Å². The van der Waals surface area contributed by atoms with Crippen molar-refractivity contribution in [3.05, 3.63) is 54.2 Å². The van der Waals surface area contributed by atoms with E-state index in [1.165, 1.54) is 5.56 Å². The van der Waals surface area contributed by atoms with Crippen molar-refractivity contribution in [1.82, 2.24) is 9.88 Å². The van der Waals surface area contributed by atoms with Gasteiger partial charge in [0.1, 0.15) is 11.9 Å². The molecule has 2 aromatic heterocycles. The Labute approximate surface area is 130 Å². The zero-order valence-electron chi connectivity index (χ0n) is 12.6. The fourth-order valence-corrected chi connectivity index (χ4v) is 2.88. The van der Waals surface area contributed by atoms with Gasteiger partial charge in [0.15, 0.2) is 0 Å². The molecule has 1 saturated heterocycles. The van der Waals surface area contributed by atoms with E-state index in [-0.39, 0.29) is 6.04 Å². The maximum Gasteiger partial charge on any atom is 0.132 e. The summed E-state index contributed by atoms with van der Waals surface area (Å²) >= 11 is 0. The summed E-state index contributed by atoms with van der Waals surface area (Å²) in [5.74, 6) is 0.625. The number of morpholine rings is 1. The highest BCUT2D eigenvalue weighted by Crippen LogP contribution is 2.23. The Hall–Kier alpha value is -1.69. The highest BCUT2D eigenvalue weighted by atomic mass is 16.5. The summed E-state index contributed by atoms with van der Waals surface area (Å²) in [7, 11) is 0. The van der Waals surface area contributed by atoms with E-state index >= 15 is 0 Å². The minimum absolute atomic E-state index is 0.218. The number of aromatic nitrogens is 1. The Kier molecular flexibility index (Phi) is 5.21. The lowest BCUT2D eigenvalue weighted by molar-refractivity contribution is -0.0279. The summed E-state index contributed by atoms with van der Waals surface area (Å²) in [6.07, 6.45) is 6.28. The zero-order chi connectivity index (χ0) is 15.2. The topological polar surface area (TPSA) is 58.7 Å². The molecule has 5 heteroatoms. The molecule has 3 rings (SSSR count). The van der Waals surface area contributed by atoms with Gasteiger partial charge >= 0.3 is 0 Å². The van der Waals surface area contributed by atoms with Gasteiger partial charge in [0, 0.05) is 31.5 Å². The normalized spacial score (nSPS) is 20.9. The number of ether oxygens (including phenoxy) is 1.